The predicted octanol–water partition coefficient (Wildman–Crippen LogP) is 2.13. The lowest BCUT2D eigenvalue weighted by Gasteiger charge is -2.31. The second-order valence-corrected chi connectivity index (χ2v) is 7.27. The highest BCUT2D eigenvalue weighted by Gasteiger charge is 2.22. The van der Waals surface area contributed by atoms with E-state index in [4.69, 9.17) is 4.74 Å². The molecule has 0 unspecified atom stereocenters. The van der Waals surface area contributed by atoms with Gasteiger partial charge in [-0.15, -0.1) is 16.4 Å². The number of carbonyl (C=O) groups excluding carboxylic acids is 1. The van der Waals surface area contributed by atoms with Crippen molar-refractivity contribution < 1.29 is 9.53 Å². The molecular formula is C17H24N4O2S. The Labute approximate surface area is 146 Å². The largest absolute Gasteiger partial charge is 0.479 e. The average Bonchev–Trinajstić information content (AvgIpc) is 3.23. The molecule has 6 nitrogen and oxygen atoms in total. The molecule has 7 heteroatoms. The van der Waals surface area contributed by atoms with E-state index in [1.54, 1.807) is 17.9 Å². The molecule has 1 aliphatic rings. The lowest BCUT2D eigenvalue weighted by molar-refractivity contribution is 0.0932. The molecule has 2 aromatic rings. The van der Waals surface area contributed by atoms with Gasteiger partial charge in [0.15, 0.2) is 0 Å². The van der Waals surface area contributed by atoms with Gasteiger partial charge in [0.1, 0.15) is 5.56 Å². The van der Waals surface area contributed by atoms with Gasteiger partial charge >= 0.3 is 0 Å². The number of hydrogen-bond donors (Lipinski definition) is 1. The average molecular weight is 348 g/mol. The summed E-state index contributed by atoms with van der Waals surface area (Å²) in [6, 6.07) is 4.30. The summed E-state index contributed by atoms with van der Waals surface area (Å²) in [5, 5.41) is 9.28. The van der Waals surface area contributed by atoms with Crippen LogP contribution >= 0.6 is 11.3 Å². The highest BCUT2D eigenvalue weighted by Crippen LogP contribution is 2.21. The molecule has 0 aromatic carbocycles. The third kappa shape index (κ3) is 4.15. The number of aromatic nitrogens is 2. The minimum Gasteiger partial charge on any atom is -0.479 e. The summed E-state index contributed by atoms with van der Waals surface area (Å²) in [5.74, 6) is 0.804. The van der Waals surface area contributed by atoms with Gasteiger partial charge < -0.3 is 10.1 Å². The molecule has 1 fully saturated rings. The number of likely N-dealkylation sites (tertiary alicyclic amines) is 1. The fraction of sp³-hybridized carbons (Fsp3) is 0.529. The number of carbonyl (C=O) groups is 1. The molecular weight excluding hydrogens is 324 g/mol. The van der Waals surface area contributed by atoms with E-state index in [1.165, 1.54) is 12.0 Å². The fourth-order valence-electron chi connectivity index (χ4n) is 3.08. The SMILES string of the molecule is COc1nn(C)cc1C(=O)NCC1CCN(Cc2cccs2)CC1. The topological polar surface area (TPSA) is 59.4 Å². The second-order valence-electron chi connectivity index (χ2n) is 6.23. The zero-order valence-corrected chi connectivity index (χ0v) is 15.0. The predicted molar refractivity (Wildman–Crippen MR) is 94.4 cm³/mol. The van der Waals surface area contributed by atoms with Gasteiger partial charge in [0.2, 0.25) is 5.88 Å². The molecule has 130 valence electrons. The Hall–Kier alpha value is -1.86. The maximum absolute atomic E-state index is 12.3. The first-order valence-electron chi connectivity index (χ1n) is 8.26. The Kier molecular flexibility index (Phi) is 5.52. The lowest BCUT2D eigenvalue weighted by Crippen LogP contribution is -2.38. The van der Waals surface area contributed by atoms with Crippen LogP contribution in [0.2, 0.25) is 0 Å². The van der Waals surface area contributed by atoms with Crippen LogP contribution in [-0.4, -0.2) is 47.3 Å². The summed E-state index contributed by atoms with van der Waals surface area (Å²) < 4.78 is 6.74. The Morgan fingerprint density at radius 3 is 2.92 bits per heavy atom. The van der Waals surface area contributed by atoms with Crippen molar-refractivity contribution in [3.05, 3.63) is 34.2 Å². The van der Waals surface area contributed by atoms with Crippen LogP contribution in [0.15, 0.2) is 23.7 Å². The maximum Gasteiger partial charge on any atom is 0.258 e. The molecule has 0 spiro atoms. The molecule has 2 aromatic heterocycles. The minimum absolute atomic E-state index is 0.110. The Morgan fingerprint density at radius 1 is 1.46 bits per heavy atom. The van der Waals surface area contributed by atoms with E-state index in [1.807, 2.05) is 11.3 Å². The first kappa shape index (κ1) is 17.0. The molecule has 0 radical (unpaired) electrons. The Morgan fingerprint density at radius 2 is 2.25 bits per heavy atom. The summed E-state index contributed by atoms with van der Waals surface area (Å²) in [4.78, 5) is 16.2. The van der Waals surface area contributed by atoms with Crippen LogP contribution in [0.3, 0.4) is 0 Å². The highest BCUT2D eigenvalue weighted by atomic mass is 32.1. The van der Waals surface area contributed by atoms with E-state index in [0.29, 0.717) is 23.9 Å². The van der Waals surface area contributed by atoms with E-state index in [-0.39, 0.29) is 5.91 Å². The molecule has 0 bridgehead atoms. The third-order valence-electron chi connectivity index (χ3n) is 4.45. The molecule has 0 saturated carbocycles. The van der Waals surface area contributed by atoms with Gasteiger partial charge in [0.25, 0.3) is 5.91 Å². The zero-order valence-electron chi connectivity index (χ0n) is 14.2. The maximum atomic E-state index is 12.3. The van der Waals surface area contributed by atoms with E-state index >= 15 is 0 Å². The van der Waals surface area contributed by atoms with Crippen molar-refractivity contribution >= 4 is 17.2 Å². The second kappa shape index (κ2) is 7.81. The number of hydrogen-bond acceptors (Lipinski definition) is 5. The number of ether oxygens (including phenoxy) is 1. The number of thiophene rings is 1. The van der Waals surface area contributed by atoms with Crippen molar-refractivity contribution in [3.8, 4) is 5.88 Å². The van der Waals surface area contributed by atoms with Crippen LogP contribution in [0, 0.1) is 5.92 Å². The van der Waals surface area contributed by atoms with E-state index in [2.05, 4.69) is 32.8 Å². The molecule has 0 atom stereocenters. The number of amides is 1. The van der Waals surface area contributed by atoms with E-state index < -0.39 is 0 Å². The van der Waals surface area contributed by atoms with Gasteiger partial charge in [-0.1, -0.05) is 6.07 Å². The summed E-state index contributed by atoms with van der Waals surface area (Å²) in [6.45, 7) is 3.94. The van der Waals surface area contributed by atoms with Crippen LogP contribution < -0.4 is 10.1 Å². The third-order valence-corrected chi connectivity index (χ3v) is 5.31. The molecule has 3 rings (SSSR count). The first-order valence-corrected chi connectivity index (χ1v) is 9.14. The fourth-order valence-corrected chi connectivity index (χ4v) is 3.82. The van der Waals surface area contributed by atoms with Crippen LogP contribution in [0.5, 0.6) is 5.88 Å². The van der Waals surface area contributed by atoms with Crippen LogP contribution in [-0.2, 0) is 13.6 Å². The number of nitrogens with one attached hydrogen (secondary N) is 1. The highest BCUT2D eigenvalue weighted by molar-refractivity contribution is 7.09. The number of aryl methyl sites for hydroxylation is 1. The number of nitrogens with zero attached hydrogens (tertiary/aromatic N) is 3. The Bertz CT molecular complexity index is 660. The quantitative estimate of drug-likeness (QED) is 0.869. The standard InChI is InChI=1S/C17H24N4O2S/c1-20-12-15(17(19-20)23-2)16(22)18-10-13-5-7-21(8-6-13)11-14-4-3-9-24-14/h3-4,9,12-13H,5-8,10-11H2,1-2H3,(H,18,22). The number of methoxy groups -OCH3 is 1. The Balaban J connectivity index is 1.44. The van der Waals surface area contributed by atoms with Gasteiger partial charge in [0.05, 0.1) is 7.11 Å². The van der Waals surface area contributed by atoms with Crippen molar-refractivity contribution in [2.24, 2.45) is 13.0 Å². The summed E-state index contributed by atoms with van der Waals surface area (Å²) >= 11 is 1.82. The normalized spacial score (nSPS) is 16.2. The van der Waals surface area contributed by atoms with Gasteiger partial charge in [-0.2, -0.15) is 0 Å². The molecule has 1 N–H and O–H groups in total. The smallest absolute Gasteiger partial charge is 0.258 e. The van der Waals surface area contributed by atoms with Crippen LogP contribution in [0.1, 0.15) is 28.1 Å². The van der Waals surface area contributed by atoms with E-state index in [9.17, 15) is 4.79 Å². The van der Waals surface area contributed by atoms with Crippen LogP contribution in [0.4, 0.5) is 0 Å². The molecule has 3 heterocycles. The molecule has 1 saturated heterocycles. The monoisotopic (exact) mass is 348 g/mol. The molecule has 1 amide bonds. The molecule has 1 aliphatic heterocycles. The van der Waals surface area contributed by atoms with Crippen molar-refractivity contribution in [2.75, 3.05) is 26.7 Å². The van der Waals surface area contributed by atoms with Crippen molar-refractivity contribution in [1.82, 2.24) is 20.0 Å². The summed E-state index contributed by atoms with van der Waals surface area (Å²) in [5.41, 5.74) is 0.495. The van der Waals surface area contributed by atoms with Crippen molar-refractivity contribution in [1.29, 1.82) is 0 Å². The van der Waals surface area contributed by atoms with Gasteiger partial charge in [-0.25, -0.2) is 0 Å². The van der Waals surface area contributed by atoms with Crippen molar-refractivity contribution in [3.63, 3.8) is 0 Å². The lowest BCUT2D eigenvalue weighted by atomic mass is 9.96. The summed E-state index contributed by atoms with van der Waals surface area (Å²) in [7, 11) is 3.31. The molecule has 24 heavy (non-hydrogen) atoms. The van der Waals surface area contributed by atoms with Crippen molar-refractivity contribution in [2.45, 2.75) is 19.4 Å². The molecule has 0 aliphatic carbocycles. The first-order chi connectivity index (χ1) is 11.7. The summed E-state index contributed by atoms with van der Waals surface area (Å²) in [6.07, 6.45) is 3.93. The minimum atomic E-state index is -0.110. The van der Waals surface area contributed by atoms with Crippen LogP contribution in [0.25, 0.3) is 0 Å². The van der Waals surface area contributed by atoms with Gasteiger partial charge in [-0.3, -0.25) is 14.4 Å². The number of piperidine rings is 1. The number of rotatable bonds is 6. The van der Waals surface area contributed by atoms with E-state index in [0.717, 1.165) is 32.5 Å². The van der Waals surface area contributed by atoms with Gasteiger partial charge in [0, 0.05) is 31.2 Å². The zero-order chi connectivity index (χ0) is 16.9. The van der Waals surface area contributed by atoms with Gasteiger partial charge in [-0.05, 0) is 43.3 Å².